The van der Waals surface area contributed by atoms with Gasteiger partial charge in [-0.3, -0.25) is 9.69 Å². The Bertz CT molecular complexity index is 923. The second-order valence-corrected chi connectivity index (χ2v) is 7.47. The summed E-state index contributed by atoms with van der Waals surface area (Å²) in [4.78, 5) is 14.8. The van der Waals surface area contributed by atoms with Crippen LogP contribution in [-0.2, 0) is 0 Å². The van der Waals surface area contributed by atoms with Gasteiger partial charge in [-0.2, -0.15) is 0 Å². The number of fused-ring (bicyclic) bond motifs is 1. The number of benzene rings is 3. The highest BCUT2D eigenvalue weighted by Crippen LogP contribution is 2.29. The first kappa shape index (κ1) is 21.4. The van der Waals surface area contributed by atoms with Crippen LogP contribution in [0.15, 0.2) is 72.8 Å². The summed E-state index contributed by atoms with van der Waals surface area (Å²) in [7, 11) is 0. The normalized spacial score (nSPS) is 16.9. The van der Waals surface area contributed by atoms with E-state index in [1.54, 1.807) is 0 Å². The van der Waals surface area contributed by atoms with Crippen molar-refractivity contribution in [3.05, 3.63) is 78.4 Å². The molecule has 0 spiro atoms. The molecule has 1 aliphatic heterocycles. The fourth-order valence-electron chi connectivity index (χ4n) is 4.01. The summed E-state index contributed by atoms with van der Waals surface area (Å²) in [5.74, 6) is 1.18. The highest BCUT2D eigenvalue weighted by Gasteiger charge is 2.24. The molecular weight excluding hydrogens is 382 g/mol. The molecular formula is C25H28ClNO2. The molecule has 1 unspecified atom stereocenters. The first-order valence-corrected chi connectivity index (χ1v) is 10.3. The highest BCUT2D eigenvalue weighted by molar-refractivity contribution is 5.95. The summed E-state index contributed by atoms with van der Waals surface area (Å²) < 4.78 is 6.46. The molecule has 0 amide bonds. The van der Waals surface area contributed by atoms with Crippen molar-refractivity contribution in [2.24, 2.45) is 0 Å². The molecule has 0 saturated carbocycles. The van der Waals surface area contributed by atoms with Gasteiger partial charge in [0.25, 0.3) is 0 Å². The minimum Gasteiger partial charge on any atom is -0.474 e. The Labute approximate surface area is 179 Å². The maximum atomic E-state index is 12.4. The van der Waals surface area contributed by atoms with Crippen molar-refractivity contribution < 1.29 is 9.53 Å². The van der Waals surface area contributed by atoms with Crippen molar-refractivity contribution >= 4 is 29.0 Å². The molecule has 1 heterocycles. The molecule has 1 fully saturated rings. The van der Waals surface area contributed by atoms with Crippen molar-refractivity contribution in [2.75, 3.05) is 13.1 Å². The number of Topliss-reactive ketones (excluding diaryl/α,β-unsaturated/α-hetero) is 1. The van der Waals surface area contributed by atoms with Crippen LogP contribution in [0.4, 0.5) is 0 Å². The van der Waals surface area contributed by atoms with Crippen LogP contribution < -0.4 is 4.74 Å². The predicted octanol–water partition coefficient (Wildman–Crippen LogP) is 6.12. The minimum absolute atomic E-state index is 0. The molecule has 4 rings (SSSR count). The van der Waals surface area contributed by atoms with Gasteiger partial charge in [0.2, 0.25) is 0 Å². The second kappa shape index (κ2) is 10.4. The van der Waals surface area contributed by atoms with Crippen LogP contribution >= 0.6 is 12.4 Å². The summed E-state index contributed by atoms with van der Waals surface area (Å²) in [6.45, 7) is 1.93. The lowest BCUT2D eigenvalue weighted by Gasteiger charge is -2.35. The lowest BCUT2D eigenvalue weighted by molar-refractivity contribution is -0.00352. The molecule has 152 valence electrons. The van der Waals surface area contributed by atoms with Gasteiger partial charge in [-0.05, 0) is 37.1 Å². The van der Waals surface area contributed by atoms with Crippen molar-refractivity contribution in [2.45, 2.75) is 38.3 Å². The van der Waals surface area contributed by atoms with Gasteiger partial charge in [-0.1, -0.05) is 66.7 Å². The Hall–Kier alpha value is -2.36. The maximum absolute atomic E-state index is 12.4. The van der Waals surface area contributed by atoms with Gasteiger partial charge >= 0.3 is 0 Å². The van der Waals surface area contributed by atoms with Crippen LogP contribution in [-0.4, -0.2) is 30.0 Å². The van der Waals surface area contributed by atoms with E-state index in [1.807, 2.05) is 30.3 Å². The number of ether oxygens (including phenoxy) is 1. The van der Waals surface area contributed by atoms with Crippen LogP contribution in [0.1, 0.15) is 42.5 Å². The van der Waals surface area contributed by atoms with Gasteiger partial charge in [0.15, 0.2) is 12.0 Å². The zero-order valence-corrected chi connectivity index (χ0v) is 17.4. The quantitative estimate of drug-likeness (QED) is 0.440. The number of likely N-dealkylation sites (tertiary alicyclic amines) is 1. The zero-order chi connectivity index (χ0) is 19.2. The lowest BCUT2D eigenvalue weighted by atomic mass is 10.1. The SMILES string of the molecule is Cl.O=C(CCCN1CCCCC1Oc1cccc2ccccc12)c1ccccc1. The summed E-state index contributed by atoms with van der Waals surface area (Å²) in [5.41, 5.74) is 0.810. The molecule has 0 N–H and O–H groups in total. The van der Waals surface area contributed by atoms with Crippen molar-refractivity contribution in [3.8, 4) is 5.75 Å². The second-order valence-electron chi connectivity index (χ2n) is 7.47. The molecule has 1 aliphatic rings. The average Bonchev–Trinajstić information content (AvgIpc) is 2.76. The number of halogens is 1. The number of hydrogen-bond acceptors (Lipinski definition) is 3. The topological polar surface area (TPSA) is 29.5 Å². The largest absolute Gasteiger partial charge is 0.474 e. The van der Waals surface area contributed by atoms with Crippen LogP contribution in [0.3, 0.4) is 0 Å². The monoisotopic (exact) mass is 409 g/mol. The summed E-state index contributed by atoms with van der Waals surface area (Å²) in [6.07, 6.45) is 4.96. The van der Waals surface area contributed by atoms with E-state index in [2.05, 4.69) is 47.4 Å². The predicted molar refractivity (Wildman–Crippen MR) is 121 cm³/mol. The minimum atomic E-state index is 0. The average molecular weight is 410 g/mol. The van der Waals surface area contributed by atoms with E-state index < -0.39 is 0 Å². The van der Waals surface area contributed by atoms with E-state index in [0.717, 1.165) is 42.6 Å². The van der Waals surface area contributed by atoms with Crippen LogP contribution in [0.2, 0.25) is 0 Å². The van der Waals surface area contributed by atoms with E-state index in [4.69, 9.17) is 4.74 Å². The van der Waals surface area contributed by atoms with Crippen LogP contribution in [0.25, 0.3) is 10.8 Å². The van der Waals surface area contributed by atoms with E-state index in [1.165, 1.54) is 18.2 Å². The fourth-order valence-corrected chi connectivity index (χ4v) is 4.01. The molecule has 3 aromatic rings. The third kappa shape index (κ3) is 5.37. The zero-order valence-electron chi connectivity index (χ0n) is 16.6. The van der Waals surface area contributed by atoms with E-state index in [9.17, 15) is 4.79 Å². The Kier molecular flexibility index (Phi) is 7.68. The van der Waals surface area contributed by atoms with E-state index in [-0.39, 0.29) is 24.4 Å². The molecule has 0 aliphatic carbocycles. The third-order valence-electron chi connectivity index (χ3n) is 5.51. The van der Waals surface area contributed by atoms with Gasteiger partial charge in [-0.25, -0.2) is 0 Å². The smallest absolute Gasteiger partial charge is 0.162 e. The fraction of sp³-hybridized carbons (Fsp3) is 0.320. The number of piperidine rings is 1. The Morgan fingerprint density at radius 2 is 1.69 bits per heavy atom. The first-order chi connectivity index (χ1) is 13.8. The molecule has 0 aromatic heterocycles. The standard InChI is InChI=1S/C25H27NO2.ClH/c27-23(21-11-2-1-3-12-21)15-9-19-26-18-7-6-17-25(26)28-24-16-8-13-20-10-4-5-14-22(20)24;/h1-5,8,10-14,16,25H,6-7,9,15,17-19H2;1H. The van der Waals surface area contributed by atoms with E-state index >= 15 is 0 Å². The number of ketones is 1. The molecule has 1 saturated heterocycles. The Balaban J connectivity index is 0.00000240. The summed E-state index contributed by atoms with van der Waals surface area (Å²) in [5, 5.41) is 2.37. The summed E-state index contributed by atoms with van der Waals surface area (Å²) in [6, 6.07) is 24.2. The van der Waals surface area contributed by atoms with Gasteiger partial charge < -0.3 is 4.74 Å². The number of carbonyl (C=O) groups excluding carboxylic acids is 1. The third-order valence-corrected chi connectivity index (χ3v) is 5.51. The van der Waals surface area contributed by atoms with E-state index in [0.29, 0.717) is 6.42 Å². The van der Waals surface area contributed by atoms with Crippen LogP contribution in [0, 0.1) is 0 Å². The highest BCUT2D eigenvalue weighted by atomic mass is 35.5. The molecule has 29 heavy (non-hydrogen) atoms. The van der Waals surface area contributed by atoms with Gasteiger partial charge in [0.05, 0.1) is 0 Å². The molecule has 3 nitrogen and oxygen atoms in total. The maximum Gasteiger partial charge on any atom is 0.162 e. The number of hydrogen-bond donors (Lipinski definition) is 0. The van der Waals surface area contributed by atoms with Gasteiger partial charge in [0, 0.05) is 30.5 Å². The molecule has 1 atom stereocenters. The number of carbonyl (C=O) groups is 1. The molecule has 0 radical (unpaired) electrons. The number of nitrogens with zero attached hydrogens (tertiary/aromatic N) is 1. The van der Waals surface area contributed by atoms with Gasteiger partial charge in [0.1, 0.15) is 5.75 Å². The Morgan fingerprint density at radius 1 is 0.931 bits per heavy atom. The molecule has 0 bridgehead atoms. The van der Waals surface area contributed by atoms with Crippen molar-refractivity contribution in [1.29, 1.82) is 0 Å². The van der Waals surface area contributed by atoms with Gasteiger partial charge in [-0.15, -0.1) is 12.4 Å². The summed E-state index contributed by atoms with van der Waals surface area (Å²) >= 11 is 0. The van der Waals surface area contributed by atoms with Crippen molar-refractivity contribution in [1.82, 2.24) is 4.90 Å². The van der Waals surface area contributed by atoms with Crippen molar-refractivity contribution in [3.63, 3.8) is 0 Å². The lowest BCUT2D eigenvalue weighted by Crippen LogP contribution is -2.43. The molecule has 4 heteroatoms. The van der Waals surface area contributed by atoms with Crippen LogP contribution in [0.5, 0.6) is 5.75 Å². The first-order valence-electron chi connectivity index (χ1n) is 10.3. The Morgan fingerprint density at radius 3 is 2.55 bits per heavy atom. The molecule has 3 aromatic carbocycles. The number of rotatable bonds is 7.